The number of piperazine rings is 1. The standard InChI is InChI=1S/C16H20N4O4S/c1-17-9-3-2-4-16(17)18-10-12-19(13-11-18)25(23,24)15-7-5-14(6-8-15)20(21)22/h2-9,16H,10-13H2,1H3/t16-/m0/s1. The predicted octanol–water partition coefficient (Wildman–Crippen LogP) is 1.24. The summed E-state index contributed by atoms with van der Waals surface area (Å²) >= 11 is 0. The van der Waals surface area contributed by atoms with Crippen molar-refractivity contribution in [3.63, 3.8) is 0 Å². The molecule has 1 atom stereocenters. The second-order valence-electron chi connectivity index (χ2n) is 6.00. The molecule has 134 valence electrons. The Morgan fingerprint density at radius 3 is 2.28 bits per heavy atom. The Hall–Kier alpha value is -2.23. The number of benzene rings is 1. The number of hydrogen-bond donors (Lipinski definition) is 0. The van der Waals surface area contributed by atoms with Gasteiger partial charge in [0.25, 0.3) is 5.69 Å². The van der Waals surface area contributed by atoms with Gasteiger partial charge in [0.1, 0.15) is 6.17 Å². The number of sulfonamides is 1. The summed E-state index contributed by atoms with van der Waals surface area (Å²) in [5.74, 6) is 0. The molecule has 25 heavy (non-hydrogen) atoms. The van der Waals surface area contributed by atoms with Crippen LogP contribution in [0.5, 0.6) is 0 Å². The van der Waals surface area contributed by atoms with Crippen molar-refractivity contribution in [2.75, 3.05) is 33.2 Å². The van der Waals surface area contributed by atoms with Crippen LogP contribution >= 0.6 is 0 Å². The molecule has 1 fully saturated rings. The Morgan fingerprint density at radius 1 is 1.08 bits per heavy atom. The normalized spacial score (nSPS) is 22.3. The molecule has 0 aromatic heterocycles. The lowest BCUT2D eigenvalue weighted by Crippen LogP contribution is -2.54. The Morgan fingerprint density at radius 2 is 1.72 bits per heavy atom. The molecule has 0 spiro atoms. The number of rotatable bonds is 4. The van der Waals surface area contributed by atoms with Crippen molar-refractivity contribution in [1.29, 1.82) is 0 Å². The highest BCUT2D eigenvalue weighted by Crippen LogP contribution is 2.22. The average molecular weight is 364 g/mol. The van der Waals surface area contributed by atoms with E-state index in [0.29, 0.717) is 26.2 Å². The second kappa shape index (κ2) is 6.95. The Kier molecular flexibility index (Phi) is 4.89. The summed E-state index contributed by atoms with van der Waals surface area (Å²) in [6.45, 7) is 2.03. The first-order valence-electron chi connectivity index (χ1n) is 7.95. The molecule has 2 aliphatic heterocycles. The van der Waals surface area contributed by atoms with Crippen molar-refractivity contribution >= 4 is 15.7 Å². The first-order chi connectivity index (χ1) is 11.9. The van der Waals surface area contributed by atoms with Crippen LogP contribution in [0, 0.1) is 10.1 Å². The van der Waals surface area contributed by atoms with Crippen LogP contribution in [0.15, 0.2) is 53.6 Å². The number of allylic oxidation sites excluding steroid dienone is 2. The summed E-state index contributed by atoms with van der Waals surface area (Å²) in [5, 5.41) is 10.7. The minimum absolute atomic E-state index is 0.0872. The molecular weight excluding hydrogens is 344 g/mol. The molecular formula is C16H20N4O4S. The molecule has 2 heterocycles. The van der Waals surface area contributed by atoms with Gasteiger partial charge in [-0.25, -0.2) is 8.42 Å². The van der Waals surface area contributed by atoms with Crippen molar-refractivity contribution in [2.24, 2.45) is 0 Å². The molecule has 8 nitrogen and oxygen atoms in total. The Labute approximate surface area is 146 Å². The molecule has 0 saturated carbocycles. The molecule has 1 aromatic carbocycles. The van der Waals surface area contributed by atoms with Gasteiger partial charge < -0.3 is 4.90 Å². The minimum Gasteiger partial charge on any atom is -0.362 e. The zero-order chi connectivity index (χ0) is 18.0. The highest BCUT2D eigenvalue weighted by atomic mass is 32.2. The van der Waals surface area contributed by atoms with E-state index >= 15 is 0 Å². The van der Waals surface area contributed by atoms with E-state index in [0.717, 1.165) is 0 Å². The van der Waals surface area contributed by atoms with Gasteiger partial charge in [0.05, 0.1) is 9.82 Å². The summed E-state index contributed by atoms with van der Waals surface area (Å²) < 4.78 is 26.9. The van der Waals surface area contributed by atoms with Crippen molar-refractivity contribution in [1.82, 2.24) is 14.1 Å². The zero-order valence-electron chi connectivity index (χ0n) is 13.9. The SMILES string of the molecule is CN1C=CC=C[C@@H]1N1CCN(S(=O)(=O)c2ccc([N+](=O)[O-])cc2)CC1. The maximum atomic E-state index is 12.7. The Bertz CT molecular complexity index is 796. The summed E-state index contributed by atoms with van der Waals surface area (Å²) in [6.07, 6.45) is 8.16. The average Bonchev–Trinajstić information content (AvgIpc) is 2.62. The maximum absolute atomic E-state index is 12.7. The first kappa shape index (κ1) is 17.6. The van der Waals surface area contributed by atoms with Gasteiger partial charge in [0.2, 0.25) is 10.0 Å². The highest BCUT2D eigenvalue weighted by Gasteiger charge is 2.31. The number of nitro benzene ring substituents is 1. The van der Waals surface area contributed by atoms with E-state index in [1.54, 1.807) is 0 Å². The number of nitrogens with zero attached hydrogens (tertiary/aromatic N) is 4. The van der Waals surface area contributed by atoms with E-state index in [9.17, 15) is 18.5 Å². The fraction of sp³-hybridized carbons (Fsp3) is 0.375. The van der Waals surface area contributed by atoms with Crippen LogP contribution in [0.2, 0.25) is 0 Å². The van der Waals surface area contributed by atoms with Gasteiger partial charge in [-0.15, -0.1) is 0 Å². The summed E-state index contributed by atoms with van der Waals surface area (Å²) in [5.41, 5.74) is -0.121. The minimum atomic E-state index is -3.63. The van der Waals surface area contributed by atoms with Gasteiger partial charge in [-0.1, -0.05) is 6.08 Å². The molecule has 0 aliphatic carbocycles. The zero-order valence-corrected chi connectivity index (χ0v) is 14.7. The molecule has 3 rings (SSSR count). The third-order valence-electron chi connectivity index (χ3n) is 4.47. The molecule has 1 aromatic rings. The van der Waals surface area contributed by atoms with Gasteiger partial charge >= 0.3 is 0 Å². The lowest BCUT2D eigenvalue weighted by Gasteiger charge is -2.41. The molecule has 0 radical (unpaired) electrons. The predicted molar refractivity (Wildman–Crippen MR) is 93.3 cm³/mol. The van der Waals surface area contributed by atoms with Gasteiger partial charge in [0, 0.05) is 51.6 Å². The molecule has 0 amide bonds. The third kappa shape index (κ3) is 3.58. The van der Waals surface area contributed by atoms with Crippen molar-refractivity contribution < 1.29 is 13.3 Å². The van der Waals surface area contributed by atoms with E-state index in [1.807, 2.05) is 25.4 Å². The molecule has 0 N–H and O–H groups in total. The molecule has 0 bridgehead atoms. The van der Waals surface area contributed by atoms with Crippen molar-refractivity contribution in [2.45, 2.75) is 11.1 Å². The van der Waals surface area contributed by atoms with E-state index in [2.05, 4.69) is 15.9 Å². The molecule has 0 unspecified atom stereocenters. The van der Waals surface area contributed by atoms with Gasteiger partial charge in [-0.05, 0) is 24.3 Å². The molecule has 2 aliphatic rings. The van der Waals surface area contributed by atoms with E-state index < -0.39 is 14.9 Å². The first-order valence-corrected chi connectivity index (χ1v) is 9.39. The number of likely N-dealkylation sites (N-methyl/N-ethyl adjacent to an activating group) is 1. The lowest BCUT2D eigenvalue weighted by atomic mass is 10.2. The van der Waals surface area contributed by atoms with Crippen LogP contribution in [0.3, 0.4) is 0 Å². The van der Waals surface area contributed by atoms with E-state index in [4.69, 9.17) is 0 Å². The van der Waals surface area contributed by atoms with Crippen LogP contribution in [-0.2, 0) is 10.0 Å². The van der Waals surface area contributed by atoms with Crippen LogP contribution in [-0.4, -0.2) is 66.8 Å². The maximum Gasteiger partial charge on any atom is 0.269 e. The molecule has 1 saturated heterocycles. The topological polar surface area (TPSA) is 87.0 Å². The Balaban J connectivity index is 1.68. The highest BCUT2D eigenvalue weighted by molar-refractivity contribution is 7.89. The number of hydrogen-bond acceptors (Lipinski definition) is 6. The van der Waals surface area contributed by atoms with E-state index in [1.165, 1.54) is 28.6 Å². The number of nitro groups is 1. The summed E-state index contributed by atoms with van der Waals surface area (Å²) in [4.78, 5) is 14.6. The lowest BCUT2D eigenvalue weighted by molar-refractivity contribution is -0.384. The monoisotopic (exact) mass is 364 g/mol. The van der Waals surface area contributed by atoms with Crippen molar-refractivity contribution in [3.8, 4) is 0 Å². The fourth-order valence-electron chi connectivity index (χ4n) is 3.05. The van der Waals surface area contributed by atoms with Crippen LogP contribution in [0.4, 0.5) is 5.69 Å². The van der Waals surface area contributed by atoms with Crippen LogP contribution in [0.25, 0.3) is 0 Å². The number of non-ortho nitro benzene ring substituents is 1. The van der Waals surface area contributed by atoms with Crippen LogP contribution in [0.1, 0.15) is 0 Å². The van der Waals surface area contributed by atoms with Gasteiger partial charge in [-0.3, -0.25) is 15.0 Å². The van der Waals surface area contributed by atoms with E-state index in [-0.39, 0.29) is 16.7 Å². The van der Waals surface area contributed by atoms with Gasteiger partial charge in [0.15, 0.2) is 0 Å². The fourth-order valence-corrected chi connectivity index (χ4v) is 4.47. The largest absolute Gasteiger partial charge is 0.362 e. The smallest absolute Gasteiger partial charge is 0.269 e. The summed E-state index contributed by atoms with van der Waals surface area (Å²) in [6, 6.07) is 5.03. The summed E-state index contributed by atoms with van der Waals surface area (Å²) in [7, 11) is -1.64. The third-order valence-corrected chi connectivity index (χ3v) is 6.38. The molecule has 9 heteroatoms. The van der Waals surface area contributed by atoms with Crippen molar-refractivity contribution in [3.05, 3.63) is 58.8 Å². The second-order valence-corrected chi connectivity index (χ2v) is 7.93. The quantitative estimate of drug-likeness (QED) is 0.590. The van der Waals surface area contributed by atoms with Crippen LogP contribution < -0.4 is 0 Å². The van der Waals surface area contributed by atoms with Gasteiger partial charge in [-0.2, -0.15) is 4.31 Å².